The van der Waals surface area contributed by atoms with E-state index in [9.17, 15) is 4.79 Å². The molecule has 0 saturated carbocycles. The van der Waals surface area contributed by atoms with Crippen LogP contribution in [0.4, 0.5) is 5.82 Å². The molecule has 0 aromatic carbocycles. The van der Waals surface area contributed by atoms with Crippen molar-refractivity contribution in [2.45, 2.75) is 32.2 Å². The Kier molecular flexibility index (Phi) is 5.45. The molecule has 1 aromatic heterocycles. The number of nitrogens with zero attached hydrogens (tertiary/aromatic N) is 3. The largest absolute Gasteiger partial charge is 0.466 e. The van der Waals surface area contributed by atoms with E-state index in [1.54, 1.807) is 0 Å². The molecule has 0 amide bonds. The predicted molar refractivity (Wildman–Crippen MR) is 106 cm³/mol. The van der Waals surface area contributed by atoms with Crippen LogP contribution in [0, 0.1) is 5.41 Å². The number of carbonyl (C=O) groups is 1. The summed E-state index contributed by atoms with van der Waals surface area (Å²) >= 11 is 0. The van der Waals surface area contributed by atoms with Gasteiger partial charge in [-0.3, -0.25) is 9.80 Å². The second-order valence-corrected chi connectivity index (χ2v) is 8.21. The average Bonchev–Trinajstić information content (AvgIpc) is 3.27. The van der Waals surface area contributed by atoms with Crippen molar-refractivity contribution in [3.05, 3.63) is 35.5 Å². The molecule has 1 spiro atoms. The van der Waals surface area contributed by atoms with Crippen LogP contribution in [0.5, 0.6) is 0 Å². The number of hydrogen-bond donors (Lipinski definition) is 1. The van der Waals surface area contributed by atoms with Crippen molar-refractivity contribution in [3.8, 4) is 0 Å². The molecule has 1 N–H and O–H groups in total. The van der Waals surface area contributed by atoms with Crippen LogP contribution in [-0.2, 0) is 22.5 Å². The maximum atomic E-state index is 11.2. The Bertz CT molecular complexity index is 720. The number of ether oxygens (including phenoxy) is 1. The number of fused-ring (bicyclic) bond motifs is 1. The number of hydrogen-bond acceptors (Lipinski definition) is 6. The molecule has 6 heteroatoms. The first-order chi connectivity index (χ1) is 13.2. The summed E-state index contributed by atoms with van der Waals surface area (Å²) in [6.07, 6.45) is 8.29. The highest BCUT2D eigenvalue weighted by Gasteiger charge is 2.42. The molecule has 2 fully saturated rings. The quantitative estimate of drug-likeness (QED) is 0.633. The molecule has 3 aliphatic rings. The van der Waals surface area contributed by atoms with Gasteiger partial charge in [0.2, 0.25) is 0 Å². The van der Waals surface area contributed by atoms with Gasteiger partial charge in [0, 0.05) is 38.8 Å². The summed E-state index contributed by atoms with van der Waals surface area (Å²) in [5, 5.41) is 3.44. The third kappa shape index (κ3) is 4.33. The van der Waals surface area contributed by atoms with Gasteiger partial charge in [0.25, 0.3) is 0 Å². The second-order valence-electron chi connectivity index (χ2n) is 8.21. The molecule has 1 unspecified atom stereocenters. The minimum absolute atomic E-state index is 0.275. The third-order valence-electron chi connectivity index (χ3n) is 6.19. The topological polar surface area (TPSA) is 57.7 Å². The average molecular weight is 370 g/mol. The number of aryl methyl sites for hydroxylation is 1. The number of aromatic nitrogens is 1. The molecule has 0 aliphatic carbocycles. The third-order valence-corrected chi connectivity index (χ3v) is 6.19. The molecule has 0 radical (unpaired) electrons. The second kappa shape index (κ2) is 7.98. The molecular weight excluding hydrogens is 340 g/mol. The molecule has 1 atom stereocenters. The number of anilines is 1. The molecule has 27 heavy (non-hydrogen) atoms. The lowest BCUT2D eigenvalue weighted by Gasteiger charge is -2.25. The lowest BCUT2D eigenvalue weighted by molar-refractivity contribution is -0.134. The number of pyridine rings is 1. The van der Waals surface area contributed by atoms with Gasteiger partial charge in [-0.1, -0.05) is 12.1 Å². The predicted octanol–water partition coefficient (Wildman–Crippen LogP) is 2.07. The minimum atomic E-state index is -0.275. The van der Waals surface area contributed by atoms with Crippen LogP contribution in [0.1, 0.15) is 30.5 Å². The number of carbonyl (C=O) groups excluding carboxylic acids is 1. The van der Waals surface area contributed by atoms with E-state index in [1.165, 1.54) is 43.7 Å². The fourth-order valence-corrected chi connectivity index (χ4v) is 4.73. The Labute approximate surface area is 161 Å². The van der Waals surface area contributed by atoms with E-state index in [0.717, 1.165) is 58.1 Å². The van der Waals surface area contributed by atoms with Crippen LogP contribution < -0.4 is 5.32 Å². The summed E-state index contributed by atoms with van der Waals surface area (Å²) in [6, 6.07) is 4.45. The summed E-state index contributed by atoms with van der Waals surface area (Å²) in [6.45, 7) is 7.34. The molecule has 4 heterocycles. The smallest absolute Gasteiger partial charge is 0.330 e. The van der Waals surface area contributed by atoms with E-state index in [2.05, 4.69) is 32.0 Å². The Morgan fingerprint density at radius 2 is 2.11 bits per heavy atom. The van der Waals surface area contributed by atoms with Crippen molar-refractivity contribution in [2.75, 3.05) is 51.7 Å². The fraction of sp³-hybridized carbons (Fsp3) is 0.619. The van der Waals surface area contributed by atoms with Gasteiger partial charge in [-0.15, -0.1) is 0 Å². The highest BCUT2D eigenvalue weighted by molar-refractivity contribution is 5.81. The van der Waals surface area contributed by atoms with Gasteiger partial charge in [0.15, 0.2) is 0 Å². The standard InChI is InChI=1S/C21H30N4O2/c1-27-19(26)5-3-11-24-12-8-21(15-24)9-13-25(16-21)14-18-7-6-17-4-2-10-22-20(17)23-18/h3,5-7H,2,4,8-16H2,1H3,(H,22,23)/b5-3+. The highest BCUT2D eigenvalue weighted by atomic mass is 16.5. The maximum Gasteiger partial charge on any atom is 0.330 e. The lowest BCUT2D eigenvalue weighted by Crippen LogP contribution is -2.31. The molecule has 146 valence electrons. The van der Waals surface area contributed by atoms with Crippen LogP contribution in [0.3, 0.4) is 0 Å². The van der Waals surface area contributed by atoms with E-state index in [0.29, 0.717) is 5.41 Å². The summed E-state index contributed by atoms with van der Waals surface area (Å²) in [4.78, 5) is 21.1. The molecular formula is C21H30N4O2. The van der Waals surface area contributed by atoms with Gasteiger partial charge < -0.3 is 10.1 Å². The van der Waals surface area contributed by atoms with Crippen molar-refractivity contribution in [2.24, 2.45) is 5.41 Å². The Balaban J connectivity index is 1.30. The molecule has 0 bridgehead atoms. The number of methoxy groups -OCH3 is 1. The maximum absolute atomic E-state index is 11.2. The number of nitrogens with one attached hydrogen (secondary N) is 1. The fourth-order valence-electron chi connectivity index (χ4n) is 4.73. The number of likely N-dealkylation sites (tertiary alicyclic amines) is 2. The van der Waals surface area contributed by atoms with Crippen molar-refractivity contribution in [1.29, 1.82) is 0 Å². The lowest BCUT2D eigenvalue weighted by atomic mass is 9.86. The first kappa shape index (κ1) is 18.4. The van der Waals surface area contributed by atoms with Gasteiger partial charge in [-0.25, -0.2) is 9.78 Å². The minimum Gasteiger partial charge on any atom is -0.466 e. The summed E-state index contributed by atoms with van der Waals surface area (Å²) in [5.41, 5.74) is 2.94. The zero-order valence-electron chi connectivity index (χ0n) is 16.2. The Morgan fingerprint density at radius 3 is 2.96 bits per heavy atom. The summed E-state index contributed by atoms with van der Waals surface area (Å²) < 4.78 is 4.65. The van der Waals surface area contributed by atoms with Crippen LogP contribution >= 0.6 is 0 Å². The van der Waals surface area contributed by atoms with Gasteiger partial charge in [0.1, 0.15) is 5.82 Å². The summed E-state index contributed by atoms with van der Waals surface area (Å²) in [5.74, 6) is 0.820. The Morgan fingerprint density at radius 1 is 1.30 bits per heavy atom. The van der Waals surface area contributed by atoms with Crippen LogP contribution in [-0.4, -0.2) is 67.1 Å². The van der Waals surface area contributed by atoms with Crippen LogP contribution in [0.2, 0.25) is 0 Å². The van der Waals surface area contributed by atoms with Crippen LogP contribution in [0.25, 0.3) is 0 Å². The number of rotatable bonds is 5. The first-order valence-electron chi connectivity index (χ1n) is 10.1. The van der Waals surface area contributed by atoms with Gasteiger partial charge in [0.05, 0.1) is 12.8 Å². The van der Waals surface area contributed by atoms with Crippen molar-refractivity contribution in [1.82, 2.24) is 14.8 Å². The summed E-state index contributed by atoms with van der Waals surface area (Å²) in [7, 11) is 1.41. The molecule has 4 rings (SSSR count). The van der Waals surface area contributed by atoms with Crippen LogP contribution in [0.15, 0.2) is 24.3 Å². The zero-order chi connectivity index (χ0) is 18.7. The van der Waals surface area contributed by atoms with E-state index in [4.69, 9.17) is 4.98 Å². The highest BCUT2D eigenvalue weighted by Crippen LogP contribution is 2.39. The van der Waals surface area contributed by atoms with E-state index in [1.807, 2.05) is 6.08 Å². The van der Waals surface area contributed by atoms with E-state index in [-0.39, 0.29) is 5.97 Å². The first-order valence-corrected chi connectivity index (χ1v) is 10.1. The molecule has 6 nitrogen and oxygen atoms in total. The van der Waals surface area contributed by atoms with E-state index < -0.39 is 0 Å². The monoisotopic (exact) mass is 370 g/mol. The van der Waals surface area contributed by atoms with Gasteiger partial charge in [-0.05, 0) is 55.8 Å². The SMILES string of the molecule is COC(=O)/C=C/CN1CCC2(CCN(Cc3ccc4c(n3)NCCC4)C2)C1. The number of esters is 1. The van der Waals surface area contributed by atoms with Crippen molar-refractivity contribution in [3.63, 3.8) is 0 Å². The Hall–Kier alpha value is -1.92. The molecule has 3 aliphatic heterocycles. The van der Waals surface area contributed by atoms with Gasteiger partial charge >= 0.3 is 5.97 Å². The normalized spacial score (nSPS) is 25.8. The zero-order valence-corrected chi connectivity index (χ0v) is 16.2. The van der Waals surface area contributed by atoms with Crippen molar-refractivity contribution < 1.29 is 9.53 Å². The van der Waals surface area contributed by atoms with E-state index >= 15 is 0 Å². The molecule has 2 saturated heterocycles. The van der Waals surface area contributed by atoms with Crippen molar-refractivity contribution >= 4 is 11.8 Å². The van der Waals surface area contributed by atoms with Gasteiger partial charge in [-0.2, -0.15) is 0 Å². The molecule has 1 aromatic rings.